The Kier molecular flexibility index (Phi) is 3.88. The van der Waals surface area contributed by atoms with Crippen molar-refractivity contribution < 1.29 is 19.4 Å². The molecule has 1 spiro atoms. The Hall–Kier alpha value is -2.92. The number of carbonyl (C=O) groups is 2. The Balaban J connectivity index is 1.56. The van der Waals surface area contributed by atoms with E-state index in [2.05, 4.69) is 0 Å². The van der Waals surface area contributed by atoms with Crippen LogP contribution in [0.1, 0.15) is 11.1 Å². The topological polar surface area (TPSA) is 69.7 Å². The molecule has 0 aromatic heterocycles. The minimum Gasteiger partial charge on any atom is -0.550 e. The maximum absolute atomic E-state index is 13.4. The molecule has 1 amide bonds. The number of ether oxygens (including phenoxy) is 1. The molecular formula is C23H20NO4-. The Labute approximate surface area is 163 Å². The van der Waals surface area contributed by atoms with Crippen LogP contribution in [0.25, 0.3) is 0 Å². The molecule has 0 N–H and O–H groups in total. The summed E-state index contributed by atoms with van der Waals surface area (Å²) in [5.74, 6) is -3.04. The molecule has 2 aromatic carbocycles. The van der Waals surface area contributed by atoms with Crippen LogP contribution in [0.4, 0.5) is 0 Å². The van der Waals surface area contributed by atoms with Crippen molar-refractivity contribution in [2.75, 3.05) is 0 Å². The molecule has 0 unspecified atom stereocenters. The van der Waals surface area contributed by atoms with Crippen LogP contribution in [0.15, 0.2) is 72.8 Å². The highest BCUT2D eigenvalue weighted by Gasteiger charge is 2.69. The van der Waals surface area contributed by atoms with Gasteiger partial charge in [-0.3, -0.25) is 4.79 Å². The van der Waals surface area contributed by atoms with E-state index in [9.17, 15) is 14.7 Å². The van der Waals surface area contributed by atoms with Crippen molar-refractivity contribution in [2.24, 2.45) is 11.8 Å². The molecule has 3 aliphatic heterocycles. The van der Waals surface area contributed by atoms with Gasteiger partial charge in [0.25, 0.3) is 0 Å². The van der Waals surface area contributed by atoms with Gasteiger partial charge in [-0.15, -0.1) is 0 Å². The second-order valence-corrected chi connectivity index (χ2v) is 7.77. The van der Waals surface area contributed by atoms with Crippen molar-refractivity contribution in [1.29, 1.82) is 0 Å². The fraction of sp³-hybridized carbons (Fsp3) is 0.304. The number of carbonyl (C=O) groups excluding carboxylic acids is 2. The number of hydrogen-bond acceptors (Lipinski definition) is 4. The highest BCUT2D eigenvalue weighted by molar-refractivity contribution is 5.91. The first kappa shape index (κ1) is 17.2. The lowest BCUT2D eigenvalue weighted by Crippen LogP contribution is -2.47. The predicted molar refractivity (Wildman–Crippen MR) is 99.7 cm³/mol. The molecule has 28 heavy (non-hydrogen) atoms. The van der Waals surface area contributed by atoms with Gasteiger partial charge in [-0.25, -0.2) is 0 Å². The van der Waals surface area contributed by atoms with Crippen molar-refractivity contribution >= 4 is 11.9 Å². The van der Waals surface area contributed by atoms with Crippen LogP contribution in [-0.4, -0.2) is 34.5 Å². The summed E-state index contributed by atoms with van der Waals surface area (Å²) < 4.78 is 6.19. The van der Waals surface area contributed by atoms with E-state index in [0.717, 1.165) is 11.1 Å². The van der Waals surface area contributed by atoms with E-state index in [0.29, 0.717) is 13.0 Å². The quantitative estimate of drug-likeness (QED) is 0.741. The predicted octanol–water partition coefficient (Wildman–Crippen LogP) is 1.33. The molecule has 142 valence electrons. The van der Waals surface area contributed by atoms with Crippen molar-refractivity contribution in [3.05, 3.63) is 83.9 Å². The number of amides is 1. The van der Waals surface area contributed by atoms with Gasteiger partial charge in [0.1, 0.15) is 5.60 Å². The summed E-state index contributed by atoms with van der Waals surface area (Å²) in [6.45, 7) is 0.428. The van der Waals surface area contributed by atoms with E-state index >= 15 is 0 Å². The molecule has 0 aliphatic carbocycles. The third-order valence-corrected chi connectivity index (χ3v) is 6.27. The molecule has 2 aromatic rings. The molecule has 5 heteroatoms. The van der Waals surface area contributed by atoms with E-state index in [1.807, 2.05) is 66.7 Å². The van der Waals surface area contributed by atoms with Crippen LogP contribution in [0, 0.1) is 11.8 Å². The SMILES string of the molecule is O=C([O-])[C@@H]1[C@H]2C=C[C@@]3(O2)[C@H](Cc2ccccc2)N(Cc2ccccc2)C(=O)[C@@H]13. The zero-order valence-electron chi connectivity index (χ0n) is 15.2. The summed E-state index contributed by atoms with van der Waals surface area (Å²) in [7, 11) is 0. The zero-order valence-corrected chi connectivity index (χ0v) is 15.2. The molecule has 2 bridgehead atoms. The third kappa shape index (κ3) is 2.43. The van der Waals surface area contributed by atoms with Gasteiger partial charge in [0.05, 0.1) is 18.1 Å². The van der Waals surface area contributed by atoms with E-state index in [1.165, 1.54) is 0 Å². The normalized spacial score (nSPS) is 32.7. The van der Waals surface area contributed by atoms with Crippen LogP contribution in [0.3, 0.4) is 0 Å². The number of fused-ring (bicyclic) bond motifs is 1. The van der Waals surface area contributed by atoms with Gasteiger partial charge >= 0.3 is 0 Å². The summed E-state index contributed by atoms with van der Waals surface area (Å²) in [6.07, 6.45) is 3.72. The Morgan fingerprint density at radius 1 is 1.04 bits per heavy atom. The number of aliphatic carboxylic acids is 1. The zero-order chi connectivity index (χ0) is 19.3. The fourth-order valence-electron chi connectivity index (χ4n) is 5.06. The number of hydrogen-bond donors (Lipinski definition) is 0. The lowest BCUT2D eigenvalue weighted by Gasteiger charge is -2.33. The molecule has 5 atom stereocenters. The van der Waals surface area contributed by atoms with E-state index < -0.39 is 29.5 Å². The summed E-state index contributed by atoms with van der Waals surface area (Å²) >= 11 is 0. The van der Waals surface area contributed by atoms with Crippen molar-refractivity contribution in [3.63, 3.8) is 0 Å². The van der Waals surface area contributed by atoms with Gasteiger partial charge in [0, 0.05) is 18.4 Å². The first-order chi connectivity index (χ1) is 13.6. The van der Waals surface area contributed by atoms with E-state index in [-0.39, 0.29) is 11.9 Å². The highest BCUT2D eigenvalue weighted by Crippen LogP contribution is 2.55. The second-order valence-electron chi connectivity index (χ2n) is 7.77. The summed E-state index contributed by atoms with van der Waals surface area (Å²) in [4.78, 5) is 27.0. The molecule has 0 saturated carbocycles. The third-order valence-electron chi connectivity index (χ3n) is 6.27. The number of nitrogens with zero attached hydrogens (tertiary/aromatic N) is 1. The molecule has 2 saturated heterocycles. The average Bonchev–Trinajstić information content (AvgIpc) is 3.34. The van der Waals surface area contributed by atoms with Gasteiger partial charge in [-0.2, -0.15) is 0 Å². The van der Waals surface area contributed by atoms with Crippen molar-refractivity contribution in [2.45, 2.75) is 30.7 Å². The standard InChI is InChI=1S/C23H21NO4/c25-21-20-19(22(26)27)17-11-12-23(20,28-17)18(13-15-7-3-1-4-8-15)24(21)14-16-9-5-2-6-10-16/h1-12,17-20H,13-14H2,(H,26,27)/p-1/t17-,18+,19-,20-,23-/m1/s1. The van der Waals surface area contributed by atoms with Gasteiger partial charge in [-0.05, 0) is 17.5 Å². The lowest BCUT2D eigenvalue weighted by molar-refractivity contribution is -0.313. The molecular weight excluding hydrogens is 354 g/mol. The summed E-state index contributed by atoms with van der Waals surface area (Å²) in [5.41, 5.74) is 1.19. The highest BCUT2D eigenvalue weighted by atomic mass is 16.5. The molecule has 3 aliphatic rings. The second kappa shape index (κ2) is 6.31. The smallest absolute Gasteiger partial charge is 0.230 e. The summed E-state index contributed by atoms with van der Waals surface area (Å²) in [5, 5.41) is 11.8. The van der Waals surface area contributed by atoms with E-state index in [1.54, 1.807) is 11.0 Å². The molecule has 0 radical (unpaired) electrons. The molecule has 5 rings (SSSR count). The minimum atomic E-state index is -1.21. The van der Waals surface area contributed by atoms with Gasteiger partial charge in [0.2, 0.25) is 5.91 Å². The van der Waals surface area contributed by atoms with Crippen molar-refractivity contribution in [1.82, 2.24) is 4.90 Å². The fourth-order valence-corrected chi connectivity index (χ4v) is 5.06. The molecule has 3 heterocycles. The first-order valence-electron chi connectivity index (χ1n) is 9.56. The van der Waals surface area contributed by atoms with Crippen LogP contribution in [-0.2, 0) is 27.3 Å². The van der Waals surface area contributed by atoms with Crippen LogP contribution in [0.2, 0.25) is 0 Å². The number of carboxylic acid groups (broad SMARTS) is 1. The van der Waals surface area contributed by atoms with Gasteiger partial charge < -0.3 is 19.5 Å². The number of benzene rings is 2. The first-order valence-corrected chi connectivity index (χ1v) is 9.56. The minimum absolute atomic E-state index is 0.161. The van der Waals surface area contributed by atoms with E-state index in [4.69, 9.17) is 4.74 Å². The Bertz CT molecular complexity index is 942. The maximum atomic E-state index is 13.4. The molecule has 2 fully saturated rings. The van der Waals surface area contributed by atoms with Gasteiger partial charge in [-0.1, -0.05) is 72.8 Å². The number of carboxylic acids is 1. The Morgan fingerprint density at radius 2 is 1.68 bits per heavy atom. The largest absolute Gasteiger partial charge is 0.550 e. The Morgan fingerprint density at radius 3 is 2.32 bits per heavy atom. The van der Waals surface area contributed by atoms with Crippen LogP contribution >= 0.6 is 0 Å². The lowest BCUT2D eigenvalue weighted by atomic mass is 9.74. The number of rotatable bonds is 5. The van der Waals surface area contributed by atoms with Gasteiger partial charge in [0.15, 0.2) is 0 Å². The molecule has 5 nitrogen and oxygen atoms in total. The maximum Gasteiger partial charge on any atom is 0.230 e. The summed E-state index contributed by atoms with van der Waals surface area (Å²) in [6, 6.07) is 19.4. The van der Waals surface area contributed by atoms with Crippen molar-refractivity contribution in [3.8, 4) is 0 Å². The average molecular weight is 374 g/mol. The van der Waals surface area contributed by atoms with Crippen LogP contribution < -0.4 is 5.11 Å². The monoisotopic (exact) mass is 374 g/mol. The van der Waals surface area contributed by atoms with Crippen LogP contribution in [0.5, 0.6) is 0 Å². The number of likely N-dealkylation sites (tertiary alicyclic amines) is 1.